The Labute approximate surface area is 162 Å². The Morgan fingerprint density at radius 1 is 1.18 bits per heavy atom. The van der Waals surface area contributed by atoms with Crippen LogP contribution in [0, 0.1) is 5.82 Å². The number of nitrogens with one attached hydrogen (secondary N) is 1. The number of amides is 1. The topological polar surface area (TPSA) is 67.3 Å². The molecule has 0 radical (unpaired) electrons. The SMILES string of the molecule is COc1c(F)cccc1Nc1cc(Cc2ccccn2)nc2c1C(=O)N(C)C2. The molecule has 7 heteroatoms. The number of pyridine rings is 2. The largest absolute Gasteiger partial charge is 0.492 e. The smallest absolute Gasteiger partial charge is 0.257 e. The van der Waals surface area contributed by atoms with Crippen LogP contribution in [0.1, 0.15) is 27.4 Å². The van der Waals surface area contributed by atoms with E-state index in [2.05, 4.69) is 15.3 Å². The summed E-state index contributed by atoms with van der Waals surface area (Å²) in [6.45, 7) is 0.430. The first-order valence-electron chi connectivity index (χ1n) is 8.84. The number of halogens is 1. The quantitative estimate of drug-likeness (QED) is 0.736. The molecule has 1 aromatic carbocycles. The third-order valence-corrected chi connectivity index (χ3v) is 4.62. The number of anilines is 2. The van der Waals surface area contributed by atoms with Crippen LogP contribution in [-0.4, -0.2) is 34.9 Å². The fourth-order valence-corrected chi connectivity index (χ4v) is 3.33. The van der Waals surface area contributed by atoms with Crippen LogP contribution in [0.2, 0.25) is 0 Å². The second-order valence-electron chi connectivity index (χ2n) is 6.59. The molecule has 0 fully saturated rings. The lowest BCUT2D eigenvalue weighted by atomic mass is 10.1. The molecule has 1 amide bonds. The van der Waals surface area contributed by atoms with Gasteiger partial charge in [0.1, 0.15) is 0 Å². The Bertz CT molecular complexity index is 1040. The van der Waals surface area contributed by atoms with Gasteiger partial charge in [-0.1, -0.05) is 12.1 Å². The van der Waals surface area contributed by atoms with Gasteiger partial charge in [0, 0.05) is 31.1 Å². The normalized spacial score (nSPS) is 12.8. The minimum absolute atomic E-state index is 0.0955. The number of fused-ring (bicyclic) bond motifs is 1. The zero-order valence-electron chi connectivity index (χ0n) is 15.6. The second kappa shape index (κ2) is 7.26. The molecular weight excluding hydrogens is 359 g/mol. The number of carbonyl (C=O) groups is 1. The van der Waals surface area contributed by atoms with Gasteiger partial charge in [0.05, 0.1) is 36.3 Å². The molecule has 1 N–H and O–H groups in total. The van der Waals surface area contributed by atoms with E-state index in [0.717, 1.165) is 11.4 Å². The van der Waals surface area contributed by atoms with E-state index < -0.39 is 5.82 Å². The molecule has 0 saturated carbocycles. The van der Waals surface area contributed by atoms with Crippen molar-refractivity contribution in [3.05, 3.63) is 77.1 Å². The second-order valence-corrected chi connectivity index (χ2v) is 6.59. The van der Waals surface area contributed by atoms with Gasteiger partial charge >= 0.3 is 0 Å². The molecule has 3 heterocycles. The van der Waals surface area contributed by atoms with Crippen molar-refractivity contribution >= 4 is 17.3 Å². The number of hydrogen-bond acceptors (Lipinski definition) is 5. The van der Waals surface area contributed by atoms with E-state index in [4.69, 9.17) is 4.74 Å². The zero-order chi connectivity index (χ0) is 19.7. The molecule has 4 rings (SSSR count). The minimum Gasteiger partial charge on any atom is -0.492 e. The highest BCUT2D eigenvalue weighted by atomic mass is 19.1. The molecule has 0 saturated heterocycles. The third kappa shape index (κ3) is 3.26. The van der Waals surface area contributed by atoms with Crippen LogP contribution >= 0.6 is 0 Å². The molecule has 0 spiro atoms. The summed E-state index contributed by atoms with van der Waals surface area (Å²) >= 11 is 0. The number of aromatic nitrogens is 2. The number of para-hydroxylation sites is 1. The number of rotatable bonds is 5. The number of methoxy groups -OCH3 is 1. The highest BCUT2D eigenvalue weighted by Crippen LogP contribution is 2.35. The van der Waals surface area contributed by atoms with E-state index in [1.807, 2.05) is 24.3 Å². The summed E-state index contributed by atoms with van der Waals surface area (Å²) in [7, 11) is 3.14. The maximum absolute atomic E-state index is 14.1. The first-order valence-corrected chi connectivity index (χ1v) is 8.84. The van der Waals surface area contributed by atoms with E-state index in [1.54, 1.807) is 30.3 Å². The van der Waals surface area contributed by atoms with Crippen LogP contribution in [0.3, 0.4) is 0 Å². The maximum Gasteiger partial charge on any atom is 0.257 e. The van der Waals surface area contributed by atoms with Crippen molar-refractivity contribution in [1.29, 1.82) is 0 Å². The average Bonchev–Trinajstić information content (AvgIpc) is 2.97. The Hall–Kier alpha value is -3.48. The summed E-state index contributed by atoms with van der Waals surface area (Å²) in [6.07, 6.45) is 2.26. The van der Waals surface area contributed by atoms with E-state index in [-0.39, 0.29) is 11.7 Å². The van der Waals surface area contributed by atoms with Crippen LogP contribution in [-0.2, 0) is 13.0 Å². The van der Waals surface area contributed by atoms with Crippen molar-refractivity contribution in [2.75, 3.05) is 19.5 Å². The van der Waals surface area contributed by atoms with Crippen LogP contribution in [0.15, 0.2) is 48.7 Å². The molecule has 0 unspecified atom stereocenters. The lowest BCUT2D eigenvalue weighted by Gasteiger charge is -2.15. The monoisotopic (exact) mass is 378 g/mol. The van der Waals surface area contributed by atoms with Crippen LogP contribution in [0.25, 0.3) is 0 Å². The van der Waals surface area contributed by atoms with E-state index in [0.29, 0.717) is 35.6 Å². The Kier molecular flexibility index (Phi) is 4.65. The van der Waals surface area contributed by atoms with Crippen molar-refractivity contribution in [2.24, 2.45) is 0 Å². The highest BCUT2D eigenvalue weighted by Gasteiger charge is 2.30. The molecular formula is C21H19FN4O2. The fourth-order valence-electron chi connectivity index (χ4n) is 3.33. The van der Waals surface area contributed by atoms with Crippen molar-refractivity contribution in [3.8, 4) is 5.75 Å². The summed E-state index contributed by atoms with van der Waals surface area (Å²) in [5.74, 6) is -0.502. The van der Waals surface area contributed by atoms with Crippen LogP contribution in [0.4, 0.5) is 15.8 Å². The van der Waals surface area contributed by atoms with Gasteiger partial charge in [0.25, 0.3) is 5.91 Å². The number of nitrogens with zero attached hydrogens (tertiary/aromatic N) is 3. The third-order valence-electron chi connectivity index (χ3n) is 4.62. The molecule has 28 heavy (non-hydrogen) atoms. The molecule has 0 atom stereocenters. The predicted octanol–water partition coefficient (Wildman–Crippen LogP) is 3.54. The maximum atomic E-state index is 14.1. The Balaban J connectivity index is 1.77. The van der Waals surface area contributed by atoms with Gasteiger partial charge < -0.3 is 15.0 Å². The van der Waals surface area contributed by atoms with Gasteiger partial charge in [0.15, 0.2) is 11.6 Å². The number of ether oxygens (including phenoxy) is 1. The van der Waals surface area contributed by atoms with Gasteiger partial charge in [-0.15, -0.1) is 0 Å². The molecule has 142 valence electrons. The first-order chi connectivity index (χ1) is 13.6. The summed E-state index contributed by atoms with van der Waals surface area (Å²) in [5, 5.41) is 3.17. The number of hydrogen-bond donors (Lipinski definition) is 1. The van der Waals surface area contributed by atoms with E-state index in [1.165, 1.54) is 13.2 Å². The number of carbonyl (C=O) groups excluding carboxylic acids is 1. The van der Waals surface area contributed by atoms with Crippen molar-refractivity contribution in [3.63, 3.8) is 0 Å². The molecule has 0 bridgehead atoms. The molecule has 1 aliphatic rings. The van der Waals surface area contributed by atoms with Crippen molar-refractivity contribution < 1.29 is 13.9 Å². The van der Waals surface area contributed by atoms with Gasteiger partial charge in [-0.05, 0) is 30.3 Å². The zero-order valence-corrected chi connectivity index (χ0v) is 15.6. The summed E-state index contributed by atoms with van der Waals surface area (Å²) in [6, 6.07) is 12.1. The standard InChI is InChI=1S/C21H19FN4O2/c1-26-12-18-19(21(26)27)17(25-16-8-5-7-15(22)20(16)28-2)11-14(24-18)10-13-6-3-4-9-23-13/h3-9,11H,10,12H2,1-2H3,(H,24,25). The van der Waals surface area contributed by atoms with Crippen molar-refractivity contribution in [2.45, 2.75) is 13.0 Å². The Morgan fingerprint density at radius 2 is 2.04 bits per heavy atom. The lowest BCUT2D eigenvalue weighted by Crippen LogP contribution is -2.18. The Morgan fingerprint density at radius 3 is 2.79 bits per heavy atom. The first kappa shape index (κ1) is 17.9. The summed E-state index contributed by atoms with van der Waals surface area (Å²) < 4.78 is 19.3. The summed E-state index contributed by atoms with van der Waals surface area (Å²) in [5.41, 5.74) is 3.87. The fraction of sp³-hybridized carbons (Fsp3) is 0.190. The molecule has 3 aromatic rings. The predicted molar refractivity (Wildman–Crippen MR) is 103 cm³/mol. The van der Waals surface area contributed by atoms with Gasteiger partial charge in [-0.3, -0.25) is 14.8 Å². The highest BCUT2D eigenvalue weighted by molar-refractivity contribution is 6.03. The molecule has 6 nitrogen and oxygen atoms in total. The lowest BCUT2D eigenvalue weighted by molar-refractivity contribution is 0.0817. The number of benzene rings is 1. The average molecular weight is 378 g/mol. The minimum atomic E-state index is -0.477. The van der Waals surface area contributed by atoms with Crippen LogP contribution in [0.5, 0.6) is 5.75 Å². The molecule has 0 aliphatic carbocycles. The molecule has 2 aromatic heterocycles. The molecule has 1 aliphatic heterocycles. The van der Waals surface area contributed by atoms with Gasteiger partial charge in [0.2, 0.25) is 0 Å². The van der Waals surface area contributed by atoms with Gasteiger partial charge in [-0.2, -0.15) is 0 Å². The van der Waals surface area contributed by atoms with Crippen LogP contribution < -0.4 is 10.1 Å². The van der Waals surface area contributed by atoms with Crippen molar-refractivity contribution in [1.82, 2.24) is 14.9 Å². The van der Waals surface area contributed by atoms with Gasteiger partial charge in [-0.25, -0.2) is 4.39 Å². The van der Waals surface area contributed by atoms with E-state index in [9.17, 15) is 9.18 Å². The van der Waals surface area contributed by atoms with E-state index >= 15 is 0 Å². The summed E-state index contributed by atoms with van der Waals surface area (Å²) in [4.78, 5) is 23.2.